The van der Waals surface area contributed by atoms with Crippen LogP contribution in [0.15, 0.2) is 0 Å². The maximum absolute atomic E-state index is 14.6. The van der Waals surface area contributed by atoms with E-state index in [1.54, 1.807) is 0 Å². The topological polar surface area (TPSA) is 76.2 Å². The minimum Gasteiger partial charge on any atom is -0.465 e. The Morgan fingerprint density at radius 1 is 0.370 bits per heavy atom. The lowest BCUT2D eigenvalue weighted by molar-refractivity contribution is -0.146. The molecular formula is C66H128N2O5. The van der Waals surface area contributed by atoms with Gasteiger partial charge >= 0.3 is 11.9 Å². The molecule has 0 aromatic carbocycles. The number of nitrogens with zero attached hydrogens (tertiary/aromatic N) is 2. The molecule has 2 unspecified atom stereocenters. The van der Waals surface area contributed by atoms with E-state index in [0.29, 0.717) is 43.8 Å². The van der Waals surface area contributed by atoms with Gasteiger partial charge in [-0.1, -0.05) is 253 Å². The van der Waals surface area contributed by atoms with E-state index in [1.165, 1.54) is 219 Å². The van der Waals surface area contributed by atoms with Crippen LogP contribution >= 0.6 is 0 Å². The van der Waals surface area contributed by atoms with E-state index in [4.69, 9.17) is 9.47 Å². The summed E-state index contributed by atoms with van der Waals surface area (Å²) in [4.78, 5) is 45.2. The monoisotopic (exact) mass is 1030 g/mol. The van der Waals surface area contributed by atoms with Gasteiger partial charge < -0.3 is 19.3 Å². The van der Waals surface area contributed by atoms with Crippen LogP contribution in [0, 0.1) is 17.8 Å². The Morgan fingerprint density at radius 3 is 1.05 bits per heavy atom. The lowest BCUT2D eigenvalue weighted by Gasteiger charge is -2.29. The number of likely N-dealkylation sites (tertiary alicyclic amines) is 1. The van der Waals surface area contributed by atoms with Crippen molar-refractivity contribution < 1.29 is 23.9 Å². The van der Waals surface area contributed by atoms with Crippen LogP contribution in [0.4, 0.5) is 0 Å². The molecule has 7 heteroatoms. The highest BCUT2D eigenvalue weighted by molar-refractivity contribution is 5.78. The summed E-state index contributed by atoms with van der Waals surface area (Å²) in [6.07, 6.45) is 57.0. The van der Waals surface area contributed by atoms with Crippen LogP contribution in [0.5, 0.6) is 0 Å². The standard InChI is InChI=1S/C66H128N2O5/c1-6-11-16-21-24-33-42-57-68(58-45-56-67-54-43-44-55-67)66(71)63(50-38-29-25-31-40-52-64(69)72-59-61(46-34-19-14-9-4)48-36-27-22-17-12-7-2)51-39-30-26-32-41-53-65(70)73-60-62(47-35-20-15-10-5)49-37-28-23-18-13-8-3/h61-63H,6-60H2,1-5H3. The molecule has 0 saturated carbocycles. The fourth-order valence-electron chi connectivity index (χ4n) is 11.4. The molecule has 0 aliphatic carbocycles. The molecule has 0 aromatic heterocycles. The Balaban J connectivity index is 2.69. The summed E-state index contributed by atoms with van der Waals surface area (Å²) in [5, 5.41) is 0. The van der Waals surface area contributed by atoms with Crippen molar-refractivity contribution in [3.8, 4) is 0 Å². The first-order chi connectivity index (χ1) is 35.9. The number of hydrogen-bond acceptors (Lipinski definition) is 6. The van der Waals surface area contributed by atoms with Gasteiger partial charge in [-0.15, -0.1) is 0 Å². The highest BCUT2D eigenvalue weighted by Crippen LogP contribution is 2.25. The van der Waals surface area contributed by atoms with Gasteiger partial charge in [0.05, 0.1) is 13.2 Å². The zero-order valence-electron chi connectivity index (χ0n) is 50.1. The normalized spacial score (nSPS) is 14.2. The van der Waals surface area contributed by atoms with E-state index in [0.717, 1.165) is 110 Å². The first-order valence-electron chi connectivity index (χ1n) is 33.2. The van der Waals surface area contributed by atoms with Crippen molar-refractivity contribution in [2.45, 2.75) is 343 Å². The molecule has 73 heavy (non-hydrogen) atoms. The minimum atomic E-state index is -0.00592. The molecule has 0 aromatic rings. The molecule has 0 N–H and O–H groups in total. The van der Waals surface area contributed by atoms with E-state index in [-0.39, 0.29) is 17.9 Å². The average molecular weight is 1030 g/mol. The van der Waals surface area contributed by atoms with Crippen molar-refractivity contribution in [1.29, 1.82) is 0 Å². The largest absolute Gasteiger partial charge is 0.465 e. The van der Waals surface area contributed by atoms with Crippen molar-refractivity contribution in [3.05, 3.63) is 0 Å². The molecule has 2 atom stereocenters. The molecule has 0 radical (unpaired) electrons. The maximum Gasteiger partial charge on any atom is 0.305 e. The van der Waals surface area contributed by atoms with Crippen LogP contribution in [0.3, 0.4) is 0 Å². The molecule has 0 spiro atoms. The maximum atomic E-state index is 14.6. The number of rotatable bonds is 57. The molecule has 1 amide bonds. The number of hydrogen-bond donors (Lipinski definition) is 0. The molecule has 1 aliphatic rings. The number of esters is 2. The van der Waals surface area contributed by atoms with E-state index in [1.807, 2.05) is 0 Å². The Bertz CT molecular complexity index is 1130. The fourth-order valence-corrected chi connectivity index (χ4v) is 11.4. The smallest absolute Gasteiger partial charge is 0.305 e. The third-order valence-corrected chi connectivity index (χ3v) is 16.5. The Morgan fingerprint density at radius 2 is 0.671 bits per heavy atom. The lowest BCUT2D eigenvalue weighted by Crippen LogP contribution is -2.39. The van der Waals surface area contributed by atoms with Crippen LogP contribution in [-0.2, 0) is 23.9 Å². The third-order valence-electron chi connectivity index (χ3n) is 16.5. The summed E-state index contributed by atoms with van der Waals surface area (Å²) in [7, 11) is 0. The summed E-state index contributed by atoms with van der Waals surface area (Å²) in [5.41, 5.74) is 0. The summed E-state index contributed by atoms with van der Waals surface area (Å²) in [6.45, 7) is 18.0. The Labute approximate surface area is 456 Å². The van der Waals surface area contributed by atoms with Gasteiger partial charge in [-0.05, 0) is 109 Å². The minimum absolute atomic E-state index is 0.00592. The Kier molecular flexibility index (Phi) is 51.1. The molecule has 1 rings (SSSR count). The molecule has 0 bridgehead atoms. The van der Waals surface area contributed by atoms with E-state index in [9.17, 15) is 14.4 Å². The molecule has 7 nitrogen and oxygen atoms in total. The fraction of sp³-hybridized carbons (Fsp3) is 0.955. The van der Waals surface area contributed by atoms with E-state index < -0.39 is 0 Å². The number of ether oxygens (including phenoxy) is 2. The third kappa shape index (κ3) is 44.1. The molecule has 1 aliphatic heterocycles. The first-order valence-corrected chi connectivity index (χ1v) is 33.2. The van der Waals surface area contributed by atoms with Gasteiger partial charge in [0, 0.05) is 31.8 Å². The van der Waals surface area contributed by atoms with Crippen molar-refractivity contribution in [3.63, 3.8) is 0 Å². The number of amides is 1. The number of unbranched alkanes of at least 4 members (excludes halogenated alkanes) is 30. The SMILES string of the molecule is CCCCCCCCCN(CCCN1CCCC1)C(=O)C(CCCCCCCC(=O)OCC(CCCCCC)CCCCCCCC)CCCCCCCC(=O)OCC(CCCCCC)CCCCCCCC. The van der Waals surface area contributed by atoms with Crippen LogP contribution in [-0.4, -0.2) is 73.6 Å². The summed E-state index contributed by atoms with van der Waals surface area (Å²) in [5.74, 6) is 1.53. The second-order valence-electron chi connectivity index (χ2n) is 23.6. The summed E-state index contributed by atoms with van der Waals surface area (Å²) >= 11 is 0. The van der Waals surface area contributed by atoms with Gasteiger partial charge in [-0.2, -0.15) is 0 Å². The van der Waals surface area contributed by atoms with E-state index in [2.05, 4.69) is 44.4 Å². The molecule has 1 heterocycles. The molecule has 432 valence electrons. The van der Waals surface area contributed by atoms with Crippen LogP contribution in [0.25, 0.3) is 0 Å². The average Bonchev–Trinajstić information content (AvgIpc) is 3.92. The van der Waals surface area contributed by atoms with Gasteiger partial charge in [-0.3, -0.25) is 14.4 Å². The van der Waals surface area contributed by atoms with Crippen LogP contribution in [0.2, 0.25) is 0 Å². The van der Waals surface area contributed by atoms with Crippen molar-refractivity contribution in [2.75, 3.05) is 45.9 Å². The molecule has 1 saturated heterocycles. The van der Waals surface area contributed by atoms with Crippen molar-refractivity contribution >= 4 is 17.8 Å². The van der Waals surface area contributed by atoms with E-state index >= 15 is 0 Å². The molecule has 1 fully saturated rings. The zero-order valence-corrected chi connectivity index (χ0v) is 50.1. The number of carbonyl (C=O) groups is 3. The second-order valence-corrected chi connectivity index (χ2v) is 23.6. The predicted molar refractivity (Wildman–Crippen MR) is 315 cm³/mol. The number of carbonyl (C=O) groups excluding carboxylic acids is 3. The summed E-state index contributed by atoms with van der Waals surface area (Å²) < 4.78 is 11.8. The highest BCUT2D eigenvalue weighted by atomic mass is 16.5. The van der Waals surface area contributed by atoms with Gasteiger partial charge in [-0.25, -0.2) is 0 Å². The van der Waals surface area contributed by atoms with Crippen molar-refractivity contribution in [1.82, 2.24) is 9.80 Å². The van der Waals surface area contributed by atoms with Crippen LogP contribution in [0.1, 0.15) is 343 Å². The van der Waals surface area contributed by atoms with Crippen LogP contribution < -0.4 is 0 Å². The zero-order chi connectivity index (χ0) is 52.9. The van der Waals surface area contributed by atoms with Gasteiger partial charge in [0.25, 0.3) is 0 Å². The highest BCUT2D eigenvalue weighted by Gasteiger charge is 2.24. The first kappa shape index (κ1) is 69.4. The van der Waals surface area contributed by atoms with Gasteiger partial charge in [0.1, 0.15) is 0 Å². The summed E-state index contributed by atoms with van der Waals surface area (Å²) in [6, 6.07) is 0. The molecular weight excluding hydrogens is 901 g/mol. The van der Waals surface area contributed by atoms with Gasteiger partial charge in [0.15, 0.2) is 0 Å². The lowest BCUT2D eigenvalue weighted by atomic mass is 9.92. The van der Waals surface area contributed by atoms with Crippen molar-refractivity contribution in [2.24, 2.45) is 17.8 Å². The second kappa shape index (κ2) is 53.8. The quantitative estimate of drug-likeness (QED) is 0.0446. The predicted octanol–water partition coefficient (Wildman–Crippen LogP) is 19.9. The Hall–Kier alpha value is -1.63. The van der Waals surface area contributed by atoms with Gasteiger partial charge in [0.2, 0.25) is 5.91 Å².